The Morgan fingerprint density at radius 1 is 1.45 bits per heavy atom. The number of hydrogen-bond acceptors (Lipinski definition) is 6. The summed E-state index contributed by atoms with van der Waals surface area (Å²) in [5, 5.41) is 3.10. The van der Waals surface area contributed by atoms with Crippen LogP contribution in [0.15, 0.2) is 27.6 Å². The van der Waals surface area contributed by atoms with Crippen molar-refractivity contribution in [1.29, 1.82) is 0 Å². The van der Waals surface area contributed by atoms with Crippen molar-refractivity contribution in [2.24, 2.45) is 0 Å². The summed E-state index contributed by atoms with van der Waals surface area (Å²) in [6.45, 7) is 3.01. The number of nitrogens with one attached hydrogen (secondary N) is 2. The minimum absolute atomic E-state index is 0.0903. The van der Waals surface area contributed by atoms with Gasteiger partial charge in [-0.15, -0.1) is 0 Å². The predicted molar refractivity (Wildman–Crippen MR) is 71.3 cm³/mol. The SMILES string of the molecule is CC(C)S(=O)(=O)NCc1nc(-c2ccc[nH]c2=O)no1. The quantitative estimate of drug-likeness (QED) is 0.817. The number of aromatic nitrogens is 3. The molecule has 2 aromatic heterocycles. The first kappa shape index (κ1) is 14.4. The van der Waals surface area contributed by atoms with Crippen LogP contribution in [0.3, 0.4) is 0 Å². The van der Waals surface area contributed by atoms with E-state index in [2.05, 4.69) is 19.8 Å². The summed E-state index contributed by atoms with van der Waals surface area (Å²) in [4.78, 5) is 18.0. The van der Waals surface area contributed by atoms with Gasteiger partial charge >= 0.3 is 0 Å². The monoisotopic (exact) mass is 298 g/mol. The molecule has 0 aliphatic rings. The molecule has 0 saturated heterocycles. The molecule has 0 atom stereocenters. The van der Waals surface area contributed by atoms with E-state index >= 15 is 0 Å². The molecule has 0 aromatic carbocycles. The van der Waals surface area contributed by atoms with E-state index in [1.165, 1.54) is 6.20 Å². The van der Waals surface area contributed by atoms with Crippen LogP contribution in [0.5, 0.6) is 0 Å². The number of nitrogens with zero attached hydrogens (tertiary/aromatic N) is 2. The summed E-state index contributed by atoms with van der Waals surface area (Å²) in [5.41, 5.74) is -0.0863. The lowest BCUT2D eigenvalue weighted by Gasteiger charge is -2.06. The lowest BCUT2D eigenvalue weighted by molar-refractivity contribution is 0.375. The molecule has 2 rings (SSSR count). The molecule has 0 bridgehead atoms. The average Bonchev–Trinajstić information content (AvgIpc) is 2.85. The first-order valence-electron chi connectivity index (χ1n) is 5.89. The van der Waals surface area contributed by atoms with Crippen LogP contribution in [0.2, 0.25) is 0 Å². The molecule has 9 heteroatoms. The van der Waals surface area contributed by atoms with Crippen LogP contribution in [-0.2, 0) is 16.6 Å². The van der Waals surface area contributed by atoms with Gasteiger partial charge in [0.2, 0.25) is 21.7 Å². The van der Waals surface area contributed by atoms with Crippen molar-refractivity contribution in [2.75, 3.05) is 0 Å². The molecule has 0 unspecified atom stereocenters. The number of pyridine rings is 1. The molecule has 20 heavy (non-hydrogen) atoms. The fraction of sp³-hybridized carbons (Fsp3) is 0.364. The Hall–Kier alpha value is -2.00. The van der Waals surface area contributed by atoms with Crippen LogP contribution in [0.4, 0.5) is 0 Å². The third kappa shape index (κ3) is 3.11. The maximum Gasteiger partial charge on any atom is 0.259 e. The highest BCUT2D eigenvalue weighted by molar-refractivity contribution is 7.90. The largest absolute Gasteiger partial charge is 0.338 e. The van der Waals surface area contributed by atoms with E-state index in [9.17, 15) is 13.2 Å². The van der Waals surface area contributed by atoms with E-state index in [0.717, 1.165) is 0 Å². The minimum atomic E-state index is -3.41. The molecule has 0 fully saturated rings. The van der Waals surface area contributed by atoms with Gasteiger partial charge in [-0.2, -0.15) is 4.98 Å². The fourth-order valence-electron chi connectivity index (χ4n) is 1.36. The van der Waals surface area contributed by atoms with Crippen molar-refractivity contribution in [2.45, 2.75) is 25.6 Å². The van der Waals surface area contributed by atoms with Crippen molar-refractivity contribution in [3.63, 3.8) is 0 Å². The van der Waals surface area contributed by atoms with Crippen LogP contribution in [0.25, 0.3) is 11.4 Å². The number of rotatable bonds is 5. The molecule has 2 aromatic rings. The fourth-order valence-corrected chi connectivity index (χ4v) is 2.02. The van der Waals surface area contributed by atoms with Crippen molar-refractivity contribution < 1.29 is 12.9 Å². The van der Waals surface area contributed by atoms with Crippen molar-refractivity contribution in [1.82, 2.24) is 19.8 Å². The molecule has 108 valence electrons. The zero-order valence-corrected chi connectivity index (χ0v) is 11.8. The lowest BCUT2D eigenvalue weighted by Crippen LogP contribution is -2.30. The summed E-state index contributed by atoms with van der Waals surface area (Å²) in [5.74, 6) is 0.207. The standard InChI is InChI=1S/C11H14N4O4S/c1-7(2)20(17,18)13-6-9-14-10(15-19-9)8-4-3-5-12-11(8)16/h3-5,7,13H,6H2,1-2H3,(H,12,16). The smallest absolute Gasteiger partial charge is 0.259 e. The van der Waals surface area contributed by atoms with Gasteiger partial charge in [-0.05, 0) is 26.0 Å². The first-order chi connectivity index (χ1) is 9.40. The number of aromatic amines is 1. The van der Waals surface area contributed by atoms with Gasteiger partial charge in [0.15, 0.2) is 0 Å². The van der Waals surface area contributed by atoms with Crippen LogP contribution >= 0.6 is 0 Å². The Morgan fingerprint density at radius 3 is 2.85 bits per heavy atom. The molecule has 0 amide bonds. The van der Waals surface area contributed by atoms with Gasteiger partial charge in [0, 0.05) is 6.20 Å². The third-order valence-corrected chi connectivity index (χ3v) is 4.36. The first-order valence-corrected chi connectivity index (χ1v) is 7.44. The Bertz CT molecular complexity index is 748. The maximum atomic E-state index is 11.6. The van der Waals surface area contributed by atoms with Crippen molar-refractivity contribution in [3.8, 4) is 11.4 Å². The molecular weight excluding hydrogens is 284 g/mol. The van der Waals surface area contributed by atoms with Gasteiger partial charge in [0.05, 0.1) is 17.4 Å². The normalized spacial score (nSPS) is 11.9. The molecular formula is C11H14N4O4S. The van der Waals surface area contributed by atoms with E-state index in [4.69, 9.17) is 4.52 Å². The molecule has 0 aliphatic carbocycles. The van der Waals surface area contributed by atoms with E-state index in [0.29, 0.717) is 0 Å². The van der Waals surface area contributed by atoms with Crippen LogP contribution in [0, 0.1) is 0 Å². The molecule has 0 saturated carbocycles. The number of H-pyrrole nitrogens is 1. The zero-order valence-electron chi connectivity index (χ0n) is 11.0. The summed E-state index contributed by atoms with van der Waals surface area (Å²) in [7, 11) is -3.41. The number of hydrogen-bond donors (Lipinski definition) is 2. The van der Waals surface area contributed by atoms with Gasteiger partial charge in [0.25, 0.3) is 5.56 Å². The van der Waals surface area contributed by atoms with E-state index in [1.54, 1.807) is 26.0 Å². The van der Waals surface area contributed by atoms with E-state index in [-0.39, 0.29) is 29.4 Å². The lowest BCUT2D eigenvalue weighted by atomic mass is 10.3. The van der Waals surface area contributed by atoms with E-state index in [1.807, 2.05) is 0 Å². The second kappa shape index (κ2) is 5.55. The highest BCUT2D eigenvalue weighted by Gasteiger charge is 2.17. The molecule has 0 aliphatic heterocycles. The van der Waals surface area contributed by atoms with Crippen molar-refractivity contribution >= 4 is 10.0 Å². The van der Waals surface area contributed by atoms with Crippen LogP contribution in [-0.4, -0.2) is 28.8 Å². The second-order valence-electron chi connectivity index (χ2n) is 4.34. The summed E-state index contributed by atoms with van der Waals surface area (Å²) in [6.07, 6.45) is 1.49. The summed E-state index contributed by atoms with van der Waals surface area (Å²) < 4.78 is 30.4. The van der Waals surface area contributed by atoms with Crippen LogP contribution in [0.1, 0.15) is 19.7 Å². The topological polar surface area (TPSA) is 118 Å². The Morgan fingerprint density at radius 2 is 2.20 bits per heavy atom. The highest BCUT2D eigenvalue weighted by atomic mass is 32.2. The van der Waals surface area contributed by atoms with Gasteiger partial charge in [-0.1, -0.05) is 5.16 Å². The molecule has 0 spiro atoms. The Balaban J connectivity index is 2.15. The molecule has 8 nitrogen and oxygen atoms in total. The van der Waals surface area contributed by atoms with Gasteiger partial charge in [0.1, 0.15) is 0 Å². The van der Waals surface area contributed by atoms with Gasteiger partial charge < -0.3 is 9.51 Å². The van der Waals surface area contributed by atoms with Crippen molar-refractivity contribution in [3.05, 3.63) is 34.6 Å². The second-order valence-corrected chi connectivity index (χ2v) is 6.66. The third-order valence-electron chi connectivity index (χ3n) is 2.57. The molecule has 0 radical (unpaired) electrons. The molecule has 2 heterocycles. The predicted octanol–water partition coefficient (Wildman–Crippen LogP) is 0.253. The summed E-state index contributed by atoms with van der Waals surface area (Å²) >= 11 is 0. The zero-order chi connectivity index (χ0) is 14.8. The van der Waals surface area contributed by atoms with Crippen LogP contribution < -0.4 is 10.3 Å². The Kier molecular flexibility index (Phi) is 4.00. The minimum Gasteiger partial charge on any atom is -0.338 e. The van der Waals surface area contributed by atoms with Gasteiger partial charge in [-0.3, -0.25) is 4.79 Å². The van der Waals surface area contributed by atoms with Gasteiger partial charge in [-0.25, -0.2) is 13.1 Å². The molecule has 2 N–H and O–H groups in total. The summed E-state index contributed by atoms with van der Waals surface area (Å²) in [6, 6.07) is 3.18. The average molecular weight is 298 g/mol. The Labute approximate surface area is 115 Å². The van der Waals surface area contributed by atoms with E-state index < -0.39 is 15.3 Å². The highest BCUT2D eigenvalue weighted by Crippen LogP contribution is 2.10. The number of sulfonamides is 1. The maximum absolute atomic E-state index is 11.6.